The van der Waals surface area contributed by atoms with E-state index in [2.05, 4.69) is 0 Å². The molecule has 0 radical (unpaired) electrons. The fourth-order valence-corrected chi connectivity index (χ4v) is 2.30. The maximum Gasteiger partial charge on any atom is 0.123 e. The van der Waals surface area contributed by atoms with E-state index < -0.39 is 6.10 Å². The van der Waals surface area contributed by atoms with Crippen LogP contribution in [0.25, 0.3) is 0 Å². The van der Waals surface area contributed by atoms with E-state index in [1.165, 1.54) is 12.1 Å². The molecular formula is C16H17FO. The zero-order valence-electron chi connectivity index (χ0n) is 10.7. The van der Waals surface area contributed by atoms with Gasteiger partial charge in [-0.2, -0.15) is 0 Å². The SMILES string of the molecule is Cc1cccc(C)c1C(O)Cc1ccc(F)cc1. The maximum absolute atomic E-state index is 12.8. The van der Waals surface area contributed by atoms with E-state index in [4.69, 9.17) is 0 Å². The van der Waals surface area contributed by atoms with Gasteiger partial charge >= 0.3 is 0 Å². The highest BCUT2D eigenvalue weighted by Gasteiger charge is 2.13. The Hall–Kier alpha value is -1.67. The van der Waals surface area contributed by atoms with Gasteiger partial charge in [0.15, 0.2) is 0 Å². The lowest BCUT2D eigenvalue weighted by Crippen LogP contribution is -2.06. The summed E-state index contributed by atoms with van der Waals surface area (Å²) in [6.07, 6.45) is -0.0388. The molecule has 2 aromatic rings. The topological polar surface area (TPSA) is 20.2 Å². The number of aryl methyl sites for hydroxylation is 2. The average Bonchev–Trinajstić information content (AvgIpc) is 2.32. The molecule has 1 atom stereocenters. The van der Waals surface area contributed by atoms with Crippen LogP contribution < -0.4 is 0 Å². The molecule has 0 saturated carbocycles. The predicted octanol–water partition coefficient (Wildman–Crippen LogP) is 3.72. The summed E-state index contributed by atoms with van der Waals surface area (Å²) in [7, 11) is 0. The Balaban J connectivity index is 2.22. The highest BCUT2D eigenvalue weighted by Crippen LogP contribution is 2.24. The number of aliphatic hydroxyl groups excluding tert-OH is 1. The van der Waals surface area contributed by atoms with E-state index in [-0.39, 0.29) is 5.82 Å². The third-order valence-electron chi connectivity index (χ3n) is 3.22. The molecule has 0 spiro atoms. The minimum atomic E-state index is -0.545. The second-order valence-corrected chi connectivity index (χ2v) is 4.65. The molecule has 18 heavy (non-hydrogen) atoms. The number of aliphatic hydroxyl groups is 1. The monoisotopic (exact) mass is 244 g/mol. The minimum Gasteiger partial charge on any atom is -0.388 e. The third kappa shape index (κ3) is 2.77. The van der Waals surface area contributed by atoms with E-state index in [9.17, 15) is 9.50 Å². The standard InChI is InChI=1S/C16H17FO/c1-11-4-3-5-12(2)16(11)15(18)10-13-6-8-14(17)9-7-13/h3-9,15,18H,10H2,1-2H3. The maximum atomic E-state index is 12.8. The summed E-state index contributed by atoms with van der Waals surface area (Å²) in [5, 5.41) is 10.3. The molecule has 0 aliphatic carbocycles. The van der Waals surface area contributed by atoms with Crippen molar-refractivity contribution in [3.63, 3.8) is 0 Å². The first-order valence-corrected chi connectivity index (χ1v) is 6.06. The summed E-state index contributed by atoms with van der Waals surface area (Å²) >= 11 is 0. The Morgan fingerprint density at radius 1 is 1.00 bits per heavy atom. The number of benzene rings is 2. The first-order valence-electron chi connectivity index (χ1n) is 6.06. The van der Waals surface area contributed by atoms with E-state index in [0.29, 0.717) is 6.42 Å². The van der Waals surface area contributed by atoms with Crippen LogP contribution in [0.4, 0.5) is 4.39 Å². The average molecular weight is 244 g/mol. The Morgan fingerprint density at radius 3 is 2.11 bits per heavy atom. The molecule has 0 aromatic heterocycles. The van der Waals surface area contributed by atoms with E-state index in [1.807, 2.05) is 32.0 Å². The zero-order valence-corrected chi connectivity index (χ0v) is 10.7. The molecule has 2 rings (SSSR count). The molecule has 0 amide bonds. The minimum absolute atomic E-state index is 0.250. The summed E-state index contributed by atoms with van der Waals surface area (Å²) in [6.45, 7) is 3.99. The molecule has 1 unspecified atom stereocenters. The molecule has 1 nitrogen and oxygen atoms in total. The van der Waals surface area contributed by atoms with E-state index >= 15 is 0 Å². The van der Waals surface area contributed by atoms with Crippen LogP contribution in [0.15, 0.2) is 42.5 Å². The summed E-state index contributed by atoms with van der Waals surface area (Å²) in [5.41, 5.74) is 4.09. The van der Waals surface area contributed by atoms with Crippen LogP contribution in [0, 0.1) is 19.7 Å². The van der Waals surface area contributed by atoms with Crippen molar-refractivity contribution in [2.75, 3.05) is 0 Å². The first-order chi connectivity index (χ1) is 8.58. The van der Waals surface area contributed by atoms with Crippen LogP contribution in [0.1, 0.15) is 28.4 Å². The van der Waals surface area contributed by atoms with Crippen LogP contribution in [0.5, 0.6) is 0 Å². The summed E-state index contributed by atoms with van der Waals surface area (Å²) in [4.78, 5) is 0. The predicted molar refractivity (Wildman–Crippen MR) is 71.0 cm³/mol. The molecule has 2 aromatic carbocycles. The molecule has 0 bridgehead atoms. The molecular weight excluding hydrogens is 227 g/mol. The van der Waals surface area contributed by atoms with Crippen LogP contribution in [-0.4, -0.2) is 5.11 Å². The van der Waals surface area contributed by atoms with Crippen molar-refractivity contribution in [2.45, 2.75) is 26.4 Å². The summed E-state index contributed by atoms with van der Waals surface area (Å²) in [6, 6.07) is 12.3. The lowest BCUT2D eigenvalue weighted by Gasteiger charge is -2.16. The number of rotatable bonds is 3. The van der Waals surface area contributed by atoms with Crippen molar-refractivity contribution in [3.05, 3.63) is 70.5 Å². The number of halogens is 1. The second kappa shape index (κ2) is 5.32. The summed E-state index contributed by atoms with van der Waals surface area (Å²) in [5.74, 6) is -0.250. The van der Waals surface area contributed by atoms with Crippen molar-refractivity contribution >= 4 is 0 Å². The van der Waals surface area contributed by atoms with Gasteiger partial charge in [-0.1, -0.05) is 30.3 Å². The fourth-order valence-electron chi connectivity index (χ4n) is 2.30. The molecule has 1 N–H and O–H groups in total. The van der Waals surface area contributed by atoms with Gasteiger partial charge in [0.2, 0.25) is 0 Å². The largest absolute Gasteiger partial charge is 0.388 e. The van der Waals surface area contributed by atoms with Crippen molar-refractivity contribution in [1.29, 1.82) is 0 Å². The lowest BCUT2D eigenvalue weighted by atomic mass is 9.94. The Labute approximate surface area is 107 Å². The first kappa shape index (κ1) is 12.8. The van der Waals surface area contributed by atoms with Gasteiger partial charge in [-0.15, -0.1) is 0 Å². The van der Waals surface area contributed by atoms with E-state index in [0.717, 1.165) is 22.3 Å². The Kier molecular flexibility index (Phi) is 3.78. The Morgan fingerprint density at radius 2 is 1.56 bits per heavy atom. The van der Waals surface area contributed by atoms with Crippen LogP contribution in [0.2, 0.25) is 0 Å². The molecule has 0 saturated heterocycles. The molecule has 0 fully saturated rings. The van der Waals surface area contributed by atoms with Gasteiger partial charge in [-0.05, 0) is 48.2 Å². The molecule has 0 aliphatic heterocycles. The van der Waals surface area contributed by atoms with Crippen LogP contribution >= 0.6 is 0 Å². The van der Waals surface area contributed by atoms with E-state index in [1.54, 1.807) is 12.1 Å². The van der Waals surface area contributed by atoms with Gasteiger partial charge in [-0.3, -0.25) is 0 Å². The van der Waals surface area contributed by atoms with Gasteiger partial charge < -0.3 is 5.11 Å². The molecule has 2 heteroatoms. The molecule has 0 heterocycles. The lowest BCUT2D eigenvalue weighted by molar-refractivity contribution is 0.177. The van der Waals surface area contributed by atoms with Crippen LogP contribution in [0.3, 0.4) is 0 Å². The quantitative estimate of drug-likeness (QED) is 0.872. The van der Waals surface area contributed by atoms with Gasteiger partial charge in [0.05, 0.1) is 6.10 Å². The van der Waals surface area contributed by atoms with Crippen LogP contribution in [-0.2, 0) is 6.42 Å². The fraction of sp³-hybridized carbons (Fsp3) is 0.250. The zero-order chi connectivity index (χ0) is 13.1. The van der Waals surface area contributed by atoms with Crippen molar-refractivity contribution in [2.24, 2.45) is 0 Å². The normalized spacial score (nSPS) is 12.4. The van der Waals surface area contributed by atoms with Crippen molar-refractivity contribution in [3.8, 4) is 0 Å². The number of hydrogen-bond acceptors (Lipinski definition) is 1. The third-order valence-corrected chi connectivity index (χ3v) is 3.22. The van der Waals surface area contributed by atoms with Gasteiger partial charge in [0, 0.05) is 6.42 Å². The summed E-state index contributed by atoms with van der Waals surface area (Å²) < 4.78 is 12.8. The highest BCUT2D eigenvalue weighted by atomic mass is 19.1. The Bertz CT molecular complexity index is 511. The highest BCUT2D eigenvalue weighted by molar-refractivity contribution is 5.36. The van der Waals surface area contributed by atoms with Crippen molar-refractivity contribution in [1.82, 2.24) is 0 Å². The second-order valence-electron chi connectivity index (χ2n) is 4.65. The van der Waals surface area contributed by atoms with Gasteiger partial charge in [-0.25, -0.2) is 4.39 Å². The smallest absolute Gasteiger partial charge is 0.123 e. The molecule has 94 valence electrons. The van der Waals surface area contributed by atoms with Gasteiger partial charge in [0.1, 0.15) is 5.82 Å². The number of hydrogen-bond donors (Lipinski definition) is 1. The van der Waals surface area contributed by atoms with Gasteiger partial charge in [0.25, 0.3) is 0 Å². The van der Waals surface area contributed by atoms with Crippen molar-refractivity contribution < 1.29 is 9.50 Å². The molecule has 0 aliphatic rings.